The minimum atomic E-state index is -2.29. The van der Waals surface area contributed by atoms with Crippen LogP contribution in [-0.4, -0.2) is 96.2 Å². The molecule has 0 aliphatic heterocycles. The van der Waals surface area contributed by atoms with Gasteiger partial charge in [0.25, 0.3) is 0 Å². The van der Waals surface area contributed by atoms with Crippen LogP contribution in [0, 0.1) is 0 Å². The fourth-order valence-corrected chi connectivity index (χ4v) is 0.870. The fourth-order valence-electron chi connectivity index (χ4n) is 0.870. The van der Waals surface area contributed by atoms with Crippen molar-refractivity contribution in [1.82, 2.24) is 0 Å². The van der Waals surface area contributed by atoms with Gasteiger partial charge in [0.1, 0.15) is 24.4 Å². The number of carboxylic acid groups (broad SMARTS) is 1. The predicted octanol–water partition coefficient (Wildman–Crippen LogP) is -8.20. The van der Waals surface area contributed by atoms with Crippen molar-refractivity contribution in [3.8, 4) is 0 Å². The molecule has 0 heterocycles. The Kier molecular flexibility index (Phi) is 14.4. The van der Waals surface area contributed by atoms with Gasteiger partial charge in [0, 0.05) is 0 Å². The Balaban J connectivity index is -0.000000327. The van der Waals surface area contributed by atoms with E-state index in [1.54, 1.807) is 0 Å². The maximum Gasteiger partial charge on any atom is 1.00 e. The number of aliphatic carboxylic acids is 1. The molecule has 5 atom stereocenters. The number of aliphatic hydroxyl groups excluding tert-OH is 6. The molecule has 0 saturated carbocycles. The second-order valence-corrected chi connectivity index (χ2v) is 3.00. The summed E-state index contributed by atoms with van der Waals surface area (Å²) in [5, 5.41) is 61.5. The van der Waals surface area contributed by atoms with Gasteiger partial charge in [0.15, 0.2) is 23.5 Å². The first-order valence-electron chi connectivity index (χ1n) is 4.07. The Morgan fingerprint density at radius 2 is 1.41 bits per heavy atom. The van der Waals surface area contributed by atoms with Gasteiger partial charge < -0.3 is 37.2 Å². The summed E-state index contributed by atoms with van der Waals surface area (Å²) in [5.74, 6) is -1.78. The van der Waals surface area contributed by atoms with Crippen molar-refractivity contribution in [2.24, 2.45) is 0 Å². The van der Waals surface area contributed by atoms with Gasteiger partial charge in [-0.1, -0.05) is 0 Å². The summed E-state index contributed by atoms with van der Waals surface area (Å²) in [7, 11) is 0. The first-order valence-corrected chi connectivity index (χ1v) is 4.07. The second-order valence-electron chi connectivity index (χ2n) is 3.00. The third kappa shape index (κ3) is 7.05. The van der Waals surface area contributed by atoms with E-state index in [-0.39, 0.29) is 48.3 Å². The molecule has 0 aromatic heterocycles. The first-order chi connectivity index (χ1) is 6.82. The number of hydrogen-bond donors (Lipinski definition) is 7. The zero-order valence-corrected chi connectivity index (χ0v) is 10.6. The maximum absolute atomic E-state index is 10.2. The van der Waals surface area contributed by atoms with Gasteiger partial charge in [-0.15, -0.1) is 0 Å². The van der Waals surface area contributed by atoms with Gasteiger partial charge in [-0.25, -0.2) is 4.79 Å². The molecule has 0 radical (unpaired) electrons. The molecule has 0 saturated heterocycles. The van der Waals surface area contributed by atoms with Crippen LogP contribution in [0.2, 0.25) is 0 Å². The number of carboxylic acids is 1. The summed E-state index contributed by atoms with van der Waals surface area (Å²) in [6, 6.07) is 0. The van der Waals surface area contributed by atoms with Crippen LogP contribution in [0.3, 0.4) is 0 Å². The summed E-state index contributed by atoms with van der Waals surface area (Å²) in [4.78, 5) is 10.2. The van der Waals surface area contributed by atoms with Crippen molar-refractivity contribution < 1.29 is 71.5 Å². The first kappa shape index (κ1) is 22.9. The van der Waals surface area contributed by atoms with Crippen LogP contribution in [0.25, 0.3) is 0 Å². The van der Waals surface area contributed by atoms with E-state index < -0.39 is 43.1 Å². The quantitative estimate of drug-likeness (QED) is 0.236. The molecule has 1 unspecified atom stereocenters. The minimum Gasteiger partial charge on any atom is -1.00 e. The molecule has 98 valence electrons. The van der Waals surface area contributed by atoms with Gasteiger partial charge in [-0.3, -0.25) is 0 Å². The topological polar surface area (TPSA) is 159 Å². The third-order valence-corrected chi connectivity index (χ3v) is 1.86. The number of hydrogen-bond acceptors (Lipinski definition) is 7. The van der Waals surface area contributed by atoms with E-state index in [1.807, 2.05) is 0 Å². The summed E-state index contributed by atoms with van der Waals surface area (Å²) < 4.78 is 0. The predicted molar refractivity (Wildman–Crippen MR) is 55.8 cm³/mol. The van der Waals surface area contributed by atoms with Gasteiger partial charge in [-0.05, 0) is 0 Å². The van der Waals surface area contributed by atoms with Crippen molar-refractivity contribution in [3.05, 3.63) is 0 Å². The van der Waals surface area contributed by atoms with Gasteiger partial charge >= 0.3 is 35.5 Å². The van der Waals surface area contributed by atoms with E-state index >= 15 is 0 Å². The molecule has 0 spiro atoms. The Bertz CT molecular complexity index is 224. The molecule has 8 nitrogen and oxygen atoms in total. The van der Waals surface area contributed by atoms with E-state index in [0.717, 1.165) is 0 Å². The fraction of sp³-hybridized carbons (Fsp3) is 0.857. The SMILES string of the molecule is O=C(O)[C@H](O)[C@@H](O)[C@H](O)[C@H](O)C(O)CO.[AlH3].[H-].[Na+]. The Morgan fingerprint density at radius 1 is 1.00 bits per heavy atom. The van der Waals surface area contributed by atoms with E-state index in [2.05, 4.69) is 0 Å². The van der Waals surface area contributed by atoms with Gasteiger partial charge in [-0.2, -0.15) is 0 Å². The summed E-state index contributed by atoms with van der Waals surface area (Å²) >= 11 is 0. The molecule has 17 heavy (non-hydrogen) atoms. The second kappa shape index (κ2) is 10.7. The van der Waals surface area contributed by atoms with E-state index in [0.29, 0.717) is 0 Å². The van der Waals surface area contributed by atoms with Crippen LogP contribution in [-0.2, 0) is 4.79 Å². The zero-order valence-electron chi connectivity index (χ0n) is 9.63. The average molecular weight is 280 g/mol. The molecule has 0 aromatic carbocycles. The summed E-state index contributed by atoms with van der Waals surface area (Å²) in [6.45, 7) is -0.881. The largest absolute Gasteiger partial charge is 1.00 e. The average Bonchev–Trinajstić information content (AvgIpc) is 2.23. The third-order valence-electron chi connectivity index (χ3n) is 1.86. The van der Waals surface area contributed by atoms with Crippen LogP contribution in [0.1, 0.15) is 1.43 Å². The molecule has 0 bridgehead atoms. The monoisotopic (exact) mass is 280 g/mol. The molecular formula is C7H18AlNaO8. The van der Waals surface area contributed by atoms with Crippen LogP contribution in [0.5, 0.6) is 0 Å². The number of carbonyl (C=O) groups is 1. The smallest absolute Gasteiger partial charge is 1.00 e. The Morgan fingerprint density at radius 3 is 1.71 bits per heavy atom. The molecule has 0 amide bonds. The summed E-state index contributed by atoms with van der Waals surface area (Å²) in [6.07, 6.45) is -10.2. The zero-order chi connectivity index (χ0) is 12.2. The Labute approximate surface area is 131 Å². The standard InChI is InChI=1S/C7H14O8.Al.Na.4H/c8-1-2(9)3(10)4(11)5(12)6(13)7(14)15;;;;;;/h2-6,8-13H,1H2,(H,14,15);;;;;;/q;;+1;;;;-1/t2?,3-,4-,5+,6-;;;;;;/m1....../s1. The molecule has 10 heteroatoms. The van der Waals surface area contributed by atoms with Crippen molar-refractivity contribution >= 4 is 23.3 Å². The number of aliphatic hydroxyl groups is 6. The van der Waals surface area contributed by atoms with E-state index in [4.69, 9.17) is 35.7 Å². The van der Waals surface area contributed by atoms with Crippen LogP contribution >= 0.6 is 0 Å². The van der Waals surface area contributed by atoms with E-state index in [9.17, 15) is 4.79 Å². The Hall–Kier alpha value is 0.762. The van der Waals surface area contributed by atoms with Crippen LogP contribution in [0.15, 0.2) is 0 Å². The van der Waals surface area contributed by atoms with Gasteiger partial charge in [0.05, 0.1) is 6.61 Å². The van der Waals surface area contributed by atoms with Gasteiger partial charge in [0.2, 0.25) is 0 Å². The van der Waals surface area contributed by atoms with E-state index in [1.165, 1.54) is 0 Å². The van der Waals surface area contributed by atoms with Crippen molar-refractivity contribution in [2.45, 2.75) is 30.5 Å². The summed E-state index contributed by atoms with van der Waals surface area (Å²) in [5.41, 5.74) is 0. The van der Waals surface area contributed by atoms with Crippen LogP contribution in [0.4, 0.5) is 0 Å². The van der Waals surface area contributed by atoms with Crippen molar-refractivity contribution in [3.63, 3.8) is 0 Å². The molecule has 0 aliphatic carbocycles. The molecule has 7 N–H and O–H groups in total. The van der Waals surface area contributed by atoms with Crippen molar-refractivity contribution in [2.75, 3.05) is 6.61 Å². The van der Waals surface area contributed by atoms with Crippen LogP contribution < -0.4 is 29.6 Å². The normalized spacial score (nSPS) is 18.9. The molecule has 0 rings (SSSR count). The maximum atomic E-state index is 10.2. The molecule has 0 aromatic rings. The number of rotatable bonds is 6. The molecule has 0 fully saturated rings. The molecule has 0 aliphatic rings. The van der Waals surface area contributed by atoms with Crippen molar-refractivity contribution in [1.29, 1.82) is 0 Å². The minimum absolute atomic E-state index is 0. The molecular weight excluding hydrogens is 262 g/mol.